The van der Waals surface area contributed by atoms with E-state index in [2.05, 4.69) is 10.6 Å². The Kier molecular flexibility index (Phi) is 11.4. The zero-order valence-corrected chi connectivity index (χ0v) is 22.6. The minimum atomic E-state index is -1.05. The van der Waals surface area contributed by atoms with E-state index in [1.165, 1.54) is 0 Å². The smallest absolute Gasteiger partial charge is 0.408 e. The summed E-state index contributed by atoms with van der Waals surface area (Å²) in [5, 5.41) is 14.6. The van der Waals surface area contributed by atoms with Crippen LogP contribution in [0.3, 0.4) is 0 Å². The van der Waals surface area contributed by atoms with Gasteiger partial charge >= 0.3 is 18.2 Å². The van der Waals surface area contributed by atoms with Gasteiger partial charge in [-0.1, -0.05) is 0 Å². The molecule has 0 saturated carbocycles. The van der Waals surface area contributed by atoms with Crippen molar-refractivity contribution < 1.29 is 33.8 Å². The Balaban J connectivity index is 5.17. The summed E-state index contributed by atoms with van der Waals surface area (Å²) < 4.78 is 10.6. The zero-order valence-electron chi connectivity index (χ0n) is 22.6. The fraction of sp³-hybridized carbons (Fsp3) is 0.833. The lowest BCUT2D eigenvalue weighted by Crippen LogP contribution is -2.50. The number of carbonyl (C=O) groups is 4. The highest BCUT2D eigenvalue weighted by atomic mass is 16.6. The van der Waals surface area contributed by atoms with Gasteiger partial charge in [-0.15, -0.1) is 0 Å². The normalized spacial score (nSPS) is 12.5. The molecular weight excluding hydrogens is 442 g/mol. The van der Waals surface area contributed by atoms with Gasteiger partial charge in [-0.3, -0.25) is 9.59 Å². The molecule has 0 aliphatic heterocycles. The van der Waals surface area contributed by atoms with Crippen LogP contribution in [0.5, 0.6) is 0 Å². The molecule has 0 fully saturated rings. The number of nitrogens with zero attached hydrogens (tertiary/aromatic N) is 1. The summed E-state index contributed by atoms with van der Waals surface area (Å²) in [6.07, 6.45) is -0.660. The second kappa shape index (κ2) is 12.3. The number of carboxylic acids is 1. The summed E-state index contributed by atoms with van der Waals surface area (Å²) in [6, 6.07) is 0. The summed E-state index contributed by atoms with van der Waals surface area (Å²) >= 11 is 0. The van der Waals surface area contributed by atoms with E-state index in [0.29, 0.717) is 25.9 Å². The second-order valence-corrected chi connectivity index (χ2v) is 11.8. The first-order valence-electron chi connectivity index (χ1n) is 11.6. The first kappa shape index (κ1) is 31.5. The molecule has 0 saturated heterocycles. The van der Waals surface area contributed by atoms with Gasteiger partial charge in [0, 0.05) is 30.6 Å². The monoisotopic (exact) mass is 487 g/mol. The van der Waals surface area contributed by atoms with Crippen LogP contribution in [0.4, 0.5) is 9.59 Å². The number of ether oxygens (including phenoxy) is 2. The molecule has 34 heavy (non-hydrogen) atoms. The molecule has 0 spiro atoms. The molecular formula is C24H45N3O7. The van der Waals surface area contributed by atoms with Gasteiger partial charge in [-0.05, 0) is 82.1 Å². The maximum absolute atomic E-state index is 12.7. The molecule has 0 rings (SSSR count). The molecule has 10 heteroatoms. The van der Waals surface area contributed by atoms with Crippen molar-refractivity contribution in [1.29, 1.82) is 0 Å². The predicted molar refractivity (Wildman–Crippen MR) is 130 cm³/mol. The van der Waals surface area contributed by atoms with Gasteiger partial charge in [0.1, 0.15) is 11.2 Å². The van der Waals surface area contributed by atoms with Crippen molar-refractivity contribution in [2.45, 2.75) is 117 Å². The molecule has 0 aliphatic rings. The van der Waals surface area contributed by atoms with E-state index < -0.39 is 40.4 Å². The van der Waals surface area contributed by atoms with Crippen LogP contribution in [0.2, 0.25) is 0 Å². The largest absolute Gasteiger partial charge is 0.481 e. The van der Waals surface area contributed by atoms with E-state index in [1.807, 2.05) is 27.7 Å². The number of carboxylic acid groups (broad SMARTS) is 1. The van der Waals surface area contributed by atoms with Crippen molar-refractivity contribution in [1.82, 2.24) is 15.5 Å². The molecule has 198 valence electrons. The quantitative estimate of drug-likeness (QED) is 0.400. The lowest BCUT2D eigenvalue weighted by molar-refractivity contribution is -0.141. The van der Waals surface area contributed by atoms with E-state index in [1.54, 1.807) is 46.4 Å². The SMILES string of the molecule is CC(C)(CCN(CCC(C)(C)NC(=O)OC(C)(C)C)C(=O)CCC(=O)O)NC(=O)OC(C)(C)C. The number of hydrogen-bond donors (Lipinski definition) is 3. The fourth-order valence-corrected chi connectivity index (χ4v) is 2.85. The number of alkyl carbamates (subject to hydrolysis) is 2. The zero-order chi connectivity index (χ0) is 27.0. The average molecular weight is 488 g/mol. The summed E-state index contributed by atoms with van der Waals surface area (Å²) in [5.74, 6) is -1.35. The third-order valence-corrected chi connectivity index (χ3v) is 4.60. The van der Waals surface area contributed by atoms with E-state index in [9.17, 15) is 19.2 Å². The molecule has 0 bridgehead atoms. The summed E-state index contributed by atoms with van der Waals surface area (Å²) in [6.45, 7) is 18.5. The van der Waals surface area contributed by atoms with Crippen molar-refractivity contribution in [3.63, 3.8) is 0 Å². The standard InChI is InChI=1S/C24H45N3O7/c1-21(2,3)33-19(31)25-23(7,8)13-15-27(17(28)11-12-18(29)30)16-14-24(9,10)26-20(32)34-22(4,5)6/h11-16H2,1-10H3,(H,25,31)(H,26,32)(H,29,30). The molecule has 3 N–H and O–H groups in total. The number of aliphatic carboxylic acids is 1. The van der Waals surface area contributed by atoms with Crippen LogP contribution < -0.4 is 10.6 Å². The lowest BCUT2D eigenvalue weighted by Gasteiger charge is -2.34. The van der Waals surface area contributed by atoms with Crippen molar-refractivity contribution in [3.8, 4) is 0 Å². The molecule has 3 amide bonds. The summed E-state index contributed by atoms with van der Waals surface area (Å²) in [5.41, 5.74) is -2.60. The van der Waals surface area contributed by atoms with Gasteiger partial charge in [0.15, 0.2) is 0 Å². The van der Waals surface area contributed by atoms with Crippen molar-refractivity contribution in [3.05, 3.63) is 0 Å². The Hall–Kier alpha value is -2.52. The number of rotatable bonds is 11. The van der Waals surface area contributed by atoms with Crippen LogP contribution in [0.15, 0.2) is 0 Å². The minimum Gasteiger partial charge on any atom is -0.481 e. The molecule has 10 nitrogen and oxygen atoms in total. The first-order valence-corrected chi connectivity index (χ1v) is 11.6. The molecule has 0 unspecified atom stereocenters. The third kappa shape index (κ3) is 16.1. The average Bonchev–Trinajstić information content (AvgIpc) is 2.54. The topological polar surface area (TPSA) is 134 Å². The highest BCUT2D eigenvalue weighted by Gasteiger charge is 2.29. The van der Waals surface area contributed by atoms with Gasteiger partial charge in [0.2, 0.25) is 5.91 Å². The van der Waals surface area contributed by atoms with Crippen LogP contribution in [0.25, 0.3) is 0 Å². The summed E-state index contributed by atoms with van der Waals surface area (Å²) in [4.78, 5) is 49.6. The van der Waals surface area contributed by atoms with E-state index >= 15 is 0 Å². The molecule has 0 aliphatic carbocycles. The maximum atomic E-state index is 12.7. The van der Waals surface area contributed by atoms with Crippen LogP contribution in [-0.2, 0) is 19.1 Å². The number of nitrogens with one attached hydrogen (secondary N) is 2. The predicted octanol–water partition coefficient (Wildman–Crippen LogP) is 4.07. The fourth-order valence-electron chi connectivity index (χ4n) is 2.85. The molecule has 0 aromatic carbocycles. The van der Waals surface area contributed by atoms with Gasteiger partial charge < -0.3 is 30.1 Å². The number of hydrogen-bond acceptors (Lipinski definition) is 6. The van der Waals surface area contributed by atoms with Gasteiger partial charge in [-0.2, -0.15) is 0 Å². The molecule has 0 heterocycles. The minimum absolute atomic E-state index is 0.130. The van der Waals surface area contributed by atoms with Crippen molar-refractivity contribution in [2.75, 3.05) is 13.1 Å². The Bertz CT molecular complexity index is 673. The van der Waals surface area contributed by atoms with E-state index in [0.717, 1.165) is 0 Å². The highest BCUT2D eigenvalue weighted by Crippen LogP contribution is 2.17. The first-order chi connectivity index (χ1) is 15.1. The molecule has 0 atom stereocenters. The van der Waals surface area contributed by atoms with E-state index in [-0.39, 0.29) is 18.7 Å². The lowest BCUT2D eigenvalue weighted by atomic mass is 9.98. The van der Waals surface area contributed by atoms with Crippen molar-refractivity contribution in [2.24, 2.45) is 0 Å². The van der Waals surface area contributed by atoms with E-state index in [4.69, 9.17) is 14.6 Å². The highest BCUT2D eigenvalue weighted by molar-refractivity contribution is 5.80. The Labute approximate surface area is 204 Å². The Morgan fingerprint density at radius 1 is 0.676 bits per heavy atom. The number of carbonyl (C=O) groups excluding carboxylic acids is 3. The van der Waals surface area contributed by atoms with Crippen LogP contribution in [-0.4, -0.2) is 69.4 Å². The Morgan fingerprint density at radius 3 is 1.32 bits per heavy atom. The second-order valence-electron chi connectivity index (χ2n) is 11.8. The molecule has 0 radical (unpaired) electrons. The van der Waals surface area contributed by atoms with Crippen LogP contribution >= 0.6 is 0 Å². The van der Waals surface area contributed by atoms with Gasteiger partial charge in [0.05, 0.1) is 6.42 Å². The van der Waals surface area contributed by atoms with Crippen LogP contribution in [0, 0.1) is 0 Å². The van der Waals surface area contributed by atoms with Gasteiger partial charge in [0.25, 0.3) is 0 Å². The van der Waals surface area contributed by atoms with Crippen LogP contribution in [0.1, 0.15) is 94.9 Å². The maximum Gasteiger partial charge on any atom is 0.408 e. The third-order valence-electron chi connectivity index (χ3n) is 4.60. The molecule has 0 aromatic rings. The summed E-state index contributed by atoms with van der Waals surface area (Å²) in [7, 11) is 0. The van der Waals surface area contributed by atoms with Gasteiger partial charge in [-0.25, -0.2) is 9.59 Å². The Morgan fingerprint density at radius 2 is 1.03 bits per heavy atom. The van der Waals surface area contributed by atoms with Crippen molar-refractivity contribution >= 4 is 24.1 Å². The molecule has 0 aromatic heterocycles. The number of amides is 3.